The molecule has 8 heteroatoms. The molecule has 3 aromatic rings. The van der Waals surface area contributed by atoms with Crippen molar-refractivity contribution in [2.45, 2.75) is 19.0 Å². The second-order valence-electron chi connectivity index (χ2n) is 8.43. The molecule has 1 amide bonds. The minimum Gasteiger partial charge on any atom is -0.497 e. The maximum Gasteiger partial charge on any atom is 0.261 e. The molecule has 0 spiro atoms. The molecule has 1 unspecified atom stereocenters. The summed E-state index contributed by atoms with van der Waals surface area (Å²) < 4.78 is 35.0. The number of amides is 1. The van der Waals surface area contributed by atoms with Crippen molar-refractivity contribution in [2.24, 2.45) is 0 Å². The Kier molecular flexibility index (Phi) is 7.51. The van der Waals surface area contributed by atoms with Crippen LogP contribution in [-0.4, -0.2) is 56.3 Å². The fraction of sp³-hybridized carbons (Fsp3) is 0.259. The lowest BCUT2D eigenvalue weighted by Crippen LogP contribution is -2.43. The highest BCUT2D eigenvalue weighted by atomic mass is 32.2. The molecule has 1 fully saturated rings. The zero-order chi connectivity index (χ0) is 24.8. The first-order chi connectivity index (χ1) is 16.8. The van der Waals surface area contributed by atoms with E-state index in [2.05, 4.69) is 0 Å². The Morgan fingerprint density at radius 3 is 2.11 bits per heavy atom. The minimum absolute atomic E-state index is 0.0504. The zero-order valence-electron chi connectivity index (χ0n) is 19.4. The standard InChI is InChI=1S/C27H27NO6S/c1-33-24-11-7-20(8-12-24)17-28(23-15-16-35(31,32)19-23)26(29)18-34-25-13-9-22(10-14-25)27(30)21-5-3-2-4-6-21/h2-14,23H,15-19H2,1H3. The van der Waals surface area contributed by atoms with Crippen molar-refractivity contribution in [3.63, 3.8) is 0 Å². The van der Waals surface area contributed by atoms with Crippen LogP contribution in [0.25, 0.3) is 0 Å². The van der Waals surface area contributed by atoms with Gasteiger partial charge in [-0.1, -0.05) is 42.5 Å². The molecule has 35 heavy (non-hydrogen) atoms. The summed E-state index contributed by atoms with van der Waals surface area (Å²) >= 11 is 0. The van der Waals surface area contributed by atoms with Crippen LogP contribution in [0, 0.1) is 0 Å². The van der Waals surface area contributed by atoms with Crippen molar-refractivity contribution < 1.29 is 27.5 Å². The molecular formula is C27H27NO6S. The summed E-state index contributed by atoms with van der Waals surface area (Å²) in [6.07, 6.45) is 0.403. The van der Waals surface area contributed by atoms with Gasteiger partial charge in [-0.15, -0.1) is 0 Å². The molecule has 7 nitrogen and oxygen atoms in total. The molecule has 1 atom stereocenters. The van der Waals surface area contributed by atoms with E-state index in [9.17, 15) is 18.0 Å². The molecule has 4 rings (SSSR count). The summed E-state index contributed by atoms with van der Waals surface area (Å²) in [6, 6.07) is 22.5. The van der Waals surface area contributed by atoms with Crippen molar-refractivity contribution in [1.29, 1.82) is 0 Å². The highest BCUT2D eigenvalue weighted by Crippen LogP contribution is 2.22. The average molecular weight is 494 g/mol. The van der Waals surface area contributed by atoms with E-state index in [4.69, 9.17) is 9.47 Å². The number of nitrogens with zero attached hydrogens (tertiary/aromatic N) is 1. The van der Waals surface area contributed by atoms with Gasteiger partial charge < -0.3 is 14.4 Å². The lowest BCUT2D eigenvalue weighted by Gasteiger charge is -2.28. The summed E-state index contributed by atoms with van der Waals surface area (Å²) in [5.41, 5.74) is 1.98. The Bertz CT molecular complexity index is 1270. The lowest BCUT2D eigenvalue weighted by atomic mass is 10.0. The molecule has 0 radical (unpaired) electrons. The van der Waals surface area contributed by atoms with Gasteiger partial charge in [0.15, 0.2) is 22.2 Å². The van der Waals surface area contributed by atoms with E-state index in [1.165, 1.54) is 0 Å². The van der Waals surface area contributed by atoms with Gasteiger partial charge in [-0.25, -0.2) is 8.42 Å². The Balaban J connectivity index is 1.43. The summed E-state index contributed by atoms with van der Waals surface area (Å²) in [7, 11) is -1.59. The van der Waals surface area contributed by atoms with E-state index < -0.39 is 15.9 Å². The maximum absolute atomic E-state index is 13.1. The molecule has 0 N–H and O–H groups in total. The number of carbonyl (C=O) groups is 2. The second-order valence-corrected chi connectivity index (χ2v) is 10.7. The van der Waals surface area contributed by atoms with Crippen molar-refractivity contribution in [2.75, 3.05) is 25.2 Å². The third-order valence-corrected chi connectivity index (χ3v) is 7.75. The number of sulfone groups is 1. The van der Waals surface area contributed by atoms with Crippen LogP contribution in [0.5, 0.6) is 11.5 Å². The maximum atomic E-state index is 13.1. The Hall–Kier alpha value is -3.65. The highest BCUT2D eigenvalue weighted by Gasteiger charge is 2.34. The van der Waals surface area contributed by atoms with Crippen LogP contribution in [0.15, 0.2) is 78.9 Å². The van der Waals surface area contributed by atoms with Gasteiger partial charge in [-0.3, -0.25) is 9.59 Å². The molecule has 3 aromatic carbocycles. The van der Waals surface area contributed by atoms with Crippen LogP contribution in [0.1, 0.15) is 27.9 Å². The van der Waals surface area contributed by atoms with Crippen LogP contribution in [0.3, 0.4) is 0 Å². The van der Waals surface area contributed by atoms with E-state index in [1.807, 2.05) is 30.3 Å². The molecule has 0 saturated carbocycles. The van der Waals surface area contributed by atoms with Gasteiger partial charge in [0.2, 0.25) is 0 Å². The topological polar surface area (TPSA) is 90.0 Å². The summed E-state index contributed by atoms with van der Waals surface area (Å²) in [5, 5.41) is 0. The molecule has 1 heterocycles. The highest BCUT2D eigenvalue weighted by molar-refractivity contribution is 7.91. The van der Waals surface area contributed by atoms with Gasteiger partial charge in [0.05, 0.1) is 18.6 Å². The lowest BCUT2D eigenvalue weighted by molar-refractivity contribution is -0.136. The Morgan fingerprint density at radius 2 is 1.51 bits per heavy atom. The molecule has 0 bridgehead atoms. The first-order valence-electron chi connectivity index (χ1n) is 11.3. The molecule has 0 aromatic heterocycles. The van der Waals surface area contributed by atoms with E-state index in [0.717, 1.165) is 5.56 Å². The molecular weight excluding hydrogens is 466 g/mol. The average Bonchev–Trinajstić information content (AvgIpc) is 3.25. The number of benzene rings is 3. The number of hydrogen-bond acceptors (Lipinski definition) is 6. The number of hydrogen-bond donors (Lipinski definition) is 0. The van der Waals surface area contributed by atoms with Gasteiger partial charge in [-0.05, 0) is 48.4 Å². The van der Waals surface area contributed by atoms with Crippen LogP contribution in [-0.2, 0) is 21.2 Å². The largest absolute Gasteiger partial charge is 0.497 e. The molecule has 1 aliphatic rings. The predicted octanol–water partition coefficient (Wildman–Crippen LogP) is 3.52. The van der Waals surface area contributed by atoms with Crippen molar-refractivity contribution in [3.8, 4) is 11.5 Å². The number of methoxy groups -OCH3 is 1. The summed E-state index contributed by atoms with van der Waals surface area (Å²) in [4.78, 5) is 27.3. The second kappa shape index (κ2) is 10.7. The first-order valence-corrected chi connectivity index (χ1v) is 13.1. The van der Waals surface area contributed by atoms with Crippen LogP contribution in [0.4, 0.5) is 0 Å². The predicted molar refractivity (Wildman–Crippen MR) is 132 cm³/mol. The quantitative estimate of drug-likeness (QED) is 0.424. The van der Waals surface area contributed by atoms with Crippen LogP contribution < -0.4 is 9.47 Å². The SMILES string of the molecule is COc1ccc(CN(C(=O)COc2ccc(C(=O)c3ccccc3)cc2)C2CCS(=O)(=O)C2)cc1. The Labute approximate surface area is 205 Å². The summed E-state index contributed by atoms with van der Waals surface area (Å²) in [5.74, 6) is 0.778. The normalized spacial score (nSPS) is 16.4. The number of carbonyl (C=O) groups excluding carboxylic acids is 2. The van der Waals surface area contributed by atoms with Crippen molar-refractivity contribution >= 4 is 21.5 Å². The third kappa shape index (κ3) is 6.27. The first kappa shape index (κ1) is 24.5. The van der Waals surface area contributed by atoms with Crippen LogP contribution >= 0.6 is 0 Å². The number of rotatable bonds is 9. The third-order valence-electron chi connectivity index (χ3n) is 6.00. The summed E-state index contributed by atoms with van der Waals surface area (Å²) in [6.45, 7) is 0.0373. The van der Waals surface area contributed by atoms with Gasteiger partial charge in [-0.2, -0.15) is 0 Å². The van der Waals surface area contributed by atoms with Crippen LogP contribution in [0.2, 0.25) is 0 Å². The van der Waals surface area contributed by atoms with E-state index in [1.54, 1.807) is 60.5 Å². The van der Waals surface area contributed by atoms with E-state index >= 15 is 0 Å². The molecule has 1 aliphatic heterocycles. The molecule has 182 valence electrons. The zero-order valence-corrected chi connectivity index (χ0v) is 20.2. The van der Waals surface area contributed by atoms with Crippen molar-refractivity contribution in [1.82, 2.24) is 4.90 Å². The van der Waals surface area contributed by atoms with E-state index in [-0.39, 0.29) is 36.3 Å². The number of ether oxygens (including phenoxy) is 2. The van der Waals surface area contributed by atoms with Gasteiger partial charge in [0.25, 0.3) is 5.91 Å². The Morgan fingerprint density at radius 1 is 0.886 bits per heavy atom. The minimum atomic E-state index is -3.17. The van der Waals surface area contributed by atoms with Crippen molar-refractivity contribution in [3.05, 3.63) is 95.6 Å². The number of ketones is 1. The monoisotopic (exact) mass is 493 g/mol. The fourth-order valence-electron chi connectivity index (χ4n) is 4.06. The van der Waals surface area contributed by atoms with Gasteiger partial charge >= 0.3 is 0 Å². The smallest absolute Gasteiger partial charge is 0.261 e. The molecule has 0 aliphatic carbocycles. The fourth-order valence-corrected chi connectivity index (χ4v) is 5.79. The van der Waals surface area contributed by atoms with E-state index in [0.29, 0.717) is 29.0 Å². The van der Waals surface area contributed by atoms with Gasteiger partial charge in [0.1, 0.15) is 11.5 Å². The molecule has 1 saturated heterocycles. The van der Waals surface area contributed by atoms with Gasteiger partial charge in [0, 0.05) is 23.7 Å².